The van der Waals surface area contributed by atoms with Crippen LogP contribution in [0.15, 0.2) is 18.2 Å². The van der Waals surface area contributed by atoms with Gasteiger partial charge in [-0.15, -0.1) is 0 Å². The van der Waals surface area contributed by atoms with Crippen molar-refractivity contribution in [3.8, 4) is 5.75 Å². The molecule has 0 bridgehead atoms. The molecule has 116 valence electrons. The van der Waals surface area contributed by atoms with Gasteiger partial charge in [0.1, 0.15) is 5.75 Å². The van der Waals surface area contributed by atoms with Crippen LogP contribution in [0.5, 0.6) is 5.75 Å². The van der Waals surface area contributed by atoms with E-state index >= 15 is 0 Å². The minimum absolute atomic E-state index is 0.386. The third kappa shape index (κ3) is 4.32. The van der Waals surface area contributed by atoms with Crippen molar-refractivity contribution < 1.29 is 4.74 Å². The monoisotopic (exact) mass is 307 g/mol. The van der Waals surface area contributed by atoms with Gasteiger partial charge in [0.2, 0.25) is 0 Å². The van der Waals surface area contributed by atoms with Gasteiger partial charge in [-0.05, 0) is 45.1 Å². The average Bonchev–Trinajstić information content (AvgIpc) is 2.86. The molecule has 1 heterocycles. The molecule has 0 radical (unpaired) electrons. The number of ether oxygens (including phenoxy) is 1. The molecule has 0 saturated carbocycles. The summed E-state index contributed by atoms with van der Waals surface area (Å²) in [4.78, 5) is 7.06. The van der Waals surface area contributed by atoms with Crippen LogP contribution in [0.2, 0.25) is 0 Å². The van der Waals surface area contributed by atoms with Crippen LogP contribution < -0.4 is 10.1 Å². The largest absolute Gasteiger partial charge is 0.494 e. The summed E-state index contributed by atoms with van der Waals surface area (Å²) in [6.45, 7) is 12.5. The molecule has 4 nitrogen and oxygen atoms in total. The number of thiazole rings is 1. The summed E-state index contributed by atoms with van der Waals surface area (Å²) in [7, 11) is 0. The third-order valence-corrected chi connectivity index (χ3v) is 4.42. The van der Waals surface area contributed by atoms with Crippen LogP contribution in [0.1, 0.15) is 27.7 Å². The molecule has 0 amide bonds. The number of nitrogens with zero attached hydrogens (tertiary/aromatic N) is 2. The quantitative estimate of drug-likeness (QED) is 0.804. The van der Waals surface area contributed by atoms with Crippen molar-refractivity contribution in [2.75, 3.05) is 31.6 Å². The van der Waals surface area contributed by atoms with Crippen LogP contribution in [0.25, 0.3) is 10.2 Å². The van der Waals surface area contributed by atoms with Crippen LogP contribution in [0.3, 0.4) is 0 Å². The zero-order chi connectivity index (χ0) is 15.2. The number of likely N-dealkylation sites (N-methyl/N-ethyl adjacent to an activating group) is 1. The normalized spacial score (nSPS) is 12.8. The molecular formula is C16H25N3OS. The molecule has 0 spiro atoms. The standard InChI is InChI=1S/C16H25N3OS/c1-5-19(6-2)11-12(4)17-16-18-14-9-8-13(20-7-3)10-15(14)21-16/h8-10,12H,5-7,11H2,1-4H3,(H,17,18). The van der Waals surface area contributed by atoms with Gasteiger partial charge < -0.3 is 15.0 Å². The second-order valence-electron chi connectivity index (χ2n) is 5.11. The average molecular weight is 307 g/mol. The van der Waals surface area contributed by atoms with Crippen molar-refractivity contribution in [3.05, 3.63) is 18.2 Å². The van der Waals surface area contributed by atoms with Gasteiger partial charge in [0.15, 0.2) is 5.13 Å². The first-order valence-corrected chi connectivity index (χ1v) is 8.50. The lowest BCUT2D eigenvalue weighted by Gasteiger charge is -2.23. The van der Waals surface area contributed by atoms with Crippen molar-refractivity contribution in [3.63, 3.8) is 0 Å². The summed E-state index contributed by atoms with van der Waals surface area (Å²) in [5.41, 5.74) is 1.03. The number of nitrogens with one attached hydrogen (secondary N) is 1. The Hall–Kier alpha value is -1.33. The molecule has 21 heavy (non-hydrogen) atoms. The zero-order valence-corrected chi connectivity index (χ0v) is 14.2. The highest BCUT2D eigenvalue weighted by Crippen LogP contribution is 2.29. The van der Waals surface area contributed by atoms with Gasteiger partial charge in [-0.25, -0.2) is 4.98 Å². The fourth-order valence-corrected chi connectivity index (χ4v) is 3.35. The summed E-state index contributed by atoms with van der Waals surface area (Å²) in [6.07, 6.45) is 0. The number of fused-ring (bicyclic) bond motifs is 1. The van der Waals surface area contributed by atoms with Gasteiger partial charge in [-0.3, -0.25) is 0 Å². The van der Waals surface area contributed by atoms with E-state index in [4.69, 9.17) is 4.74 Å². The van der Waals surface area contributed by atoms with Gasteiger partial charge in [0.05, 0.1) is 16.8 Å². The minimum Gasteiger partial charge on any atom is -0.494 e. The Morgan fingerprint density at radius 3 is 2.71 bits per heavy atom. The number of hydrogen-bond acceptors (Lipinski definition) is 5. The highest BCUT2D eigenvalue weighted by molar-refractivity contribution is 7.22. The summed E-state index contributed by atoms with van der Waals surface area (Å²) in [6, 6.07) is 6.46. The van der Waals surface area contributed by atoms with Gasteiger partial charge >= 0.3 is 0 Å². The van der Waals surface area contributed by atoms with Crippen LogP contribution in [-0.2, 0) is 0 Å². The molecule has 1 N–H and O–H groups in total. The highest BCUT2D eigenvalue weighted by Gasteiger charge is 2.10. The Kier molecular flexibility index (Phi) is 5.82. The molecule has 1 atom stereocenters. The van der Waals surface area contributed by atoms with E-state index < -0.39 is 0 Å². The fraction of sp³-hybridized carbons (Fsp3) is 0.562. The van der Waals surface area contributed by atoms with E-state index in [2.05, 4.69) is 42.0 Å². The lowest BCUT2D eigenvalue weighted by atomic mass is 10.3. The van der Waals surface area contributed by atoms with Gasteiger partial charge in [-0.2, -0.15) is 0 Å². The summed E-state index contributed by atoms with van der Waals surface area (Å²) in [5, 5.41) is 4.49. The predicted octanol–water partition coefficient (Wildman–Crippen LogP) is 3.84. The van der Waals surface area contributed by atoms with Crippen LogP contribution in [-0.4, -0.2) is 42.2 Å². The van der Waals surface area contributed by atoms with E-state index in [1.165, 1.54) is 4.70 Å². The molecule has 1 unspecified atom stereocenters. The van der Waals surface area contributed by atoms with E-state index in [9.17, 15) is 0 Å². The molecule has 0 saturated heterocycles. The Bertz CT molecular complexity index is 566. The molecule has 2 rings (SSSR count). The molecule has 0 aliphatic rings. The van der Waals surface area contributed by atoms with Gasteiger partial charge in [0, 0.05) is 12.6 Å². The van der Waals surface area contributed by atoms with E-state index in [0.717, 1.165) is 36.0 Å². The molecule has 0 aliphatic heterocycles. The topological polar surface area (TPSA) is 37.4 Å². The maximum absolute atomic E-state index is 5.54. The predicted molar refractivity (Wildman–Crippen MR) is 91.7 cm³/mol. The Labute approximate surface area is 131 Å². The van der Waals surface area contributed by atoms with Crippen molar-refractivity contribution >= 4 is 26.7 Å². The lowest BCUT2D eigenvalue weighted by Crippen LogP contribution is -2.34. The molecule has 2 aromatic rings. The first kappa shape index (κ1) is 16.0. The van der Waals surface area contributed by atoms with Gasteiger partial charge in [0.25, 0.3) is 0 Å². The molecule has 0 aliphatic carbocycles. The number of benzene rings is 1. The fourth-order valence-electron chi connectivity index (χ4n) is 2.35. The van der Waals surface area contributed by atoms with Gasteiger partial charge in [-0.1, -0.05) is 25.2 Å². The second kappa shape index (κ2) is 7.61. The number of hydrogen-bond donors (Lipinski definition) is 1. The Morgan fingerprint density at radius 2 is 2.05 bits per heavy atom. The zero-order valence-electron chi connectivity index (χ0n) is 13.3. The molecular weight excluding hydrogens is 282 g/mol. The van der Waals surface area contributed by atoms with Crippen LogP contribution >= 0.6 is 11.3 Å². The molecule has 1 aromatic heterocycles. The summed E-state index contributed by atoms with van der Waals surface area (Å²) >= 11 is 1.69. The first-order chi connectivity index (χ1) is 10.2. The van der Waals surface area contributed by atoms with Crippen molar-refractivity contribution in [2.24, 2.45) is 0 Å². The SMILES string of the molecule is CCOc1ccc2nc(NC(C)CN(CC)CC)sc2c1. The highest BCUT2D eigenvalue weighted by atomic mass is 32.1. The minimum atomic E-state index is 0.386. The summed E-state index contributed by atoms with van der Waals surface area (Å²) in [5.74, 6) is 0.913. The third-order valence-electron chi connectivity index (χ3n) is 3.47. The Morgan fingerprint density at radius 1 is 1.29 bits per heavy atom. The number of rotatable bonds is 8. The summed E-state index contributed by atoms with van der Waals surface area (Å²) < 4.78 is 6.70. The lowest BCUT2D eigenvalue weighted by molar-refractivity contribution is 0.295. The van der Waals surface area contributed by atoms with Crippen molar-refractivity contribution in [2.45, 2.75) is 33.7 Å². The second-order valence-corrected chi connectivity index (χ2v) is 6.14. The van der Waals surface area contributed by atoms with Crippen LogP contribution in [0, 0.1) is 0 Å². The number of aromatic nitrogens is 1. The van der Waals surface area contributed by atoms with E-state index in [0.29, 0.717) is 12.6 Å². The van der Waals surface area contributed by atoms with E-state index in [-0.39, 0.29) is 0 Å². The molecule has 0 fully saturated rings. The van der Waals surface area contributed by atoms with Crippen LogP contribution in [0.4, 0.5) is 5.13 Å². The van der Waals surface area contributed by atoms with Crippen molar-refractivity contribution in [1.82, 2.24) is 9.88 Å². The molecule has 5 heteroatoms. The Balaban J connectivity index is 2.05. The van der Waals surface area contributed by atoms with E-state index in [1.54, 1.807) is 11.3 Å². The smallest absolute Gasteiger partial charge is 0.184 e. The van der Waals surface area contributed by atoms with Crippen molar-refractivity contribution in [1.29, 1.82) is 0 Å². The maximum Gasteiger partial charge on any atom is 0.184 e. The molecule has 1 aromatic carbocycles. The maximum atomic E-state index is 5.54. The number of anilines is 1. The first-order valence-electron chi connectivity index (χ1n) is 7.68. The van der Waals surface area contributed by atoms with E-state index in [1.807, 2.05) is 19.1 Å².